The number of aliphatic hydroxyl groups excluding tert-OH is 1. The molecule has 19 aromatic rings. The zero-order valence-corrected chi connectivity index (χ0v) is 68.9. The fourth-order valence-electron chi connectivity index (χ4n) is 14.4. The van der Waals surface area contributed by atoms with E-state index in [1.165, 1.54) is 128 Å². The van der Waals surface area contributed by atoms with E-state index in [2.05, 4.69) is 329 Å². The maximum absolute atomic E-state index is 8.40. The van der Waals surface area contributed by atoms with Gasteiger partial charge in [0.2, 0.25) is 0 Å². The Balaban J connectivity index is 0.000000130. The van der Waals surface area contributed by atoms with E-state index in [0.29, 0.717) is 0 Å². The normalized spacial score (nSPS) is 11.6. The number of ketones is 1. The molecule has 0 bridgehead atoms. The molecule has 0 spiro atoms. The van der Waals surface area contributed by atoms with Gasteiger partial charge in [-0.3, -0.25) is 24.7 Å². The summed E-state index contributed by atoms with van der Waals surface area (Å²) < 4.78 is 0. The van der Waals surface area contributed by atoms with Crippen molar-refractivity contribution in [3.8, 4) is 56.2 Å². The van der Waals surface area contributed by atoms with E-state index in [-0.39, 0.29) is 97.4 Å². The van der Waals surface area contributed by atoms with Gasteiger partial charge < -0.3 is 5.11 Å². The van der Waals surface area contributed by atoms with Crippen LogP contribution in [0.1, 0.15) is 38.8 Å². The number of pyridine rings is 4. The van der Waals surface area contributed by atoms with Crippen molar-refractivity contribution in [2.24, 2.45) is 0 Å². The predicted octanol–water partition coefficient (Wildman–Crippen LogP) is 25.0. The van der Waals surface area contributed by atoms with Crippen LogP contribution in [0.5, 0.6) is 0 Å². The second-order valence-electron chi connectivity index (χ2n) is 26.7. The van der Waals surface area contributed by atoms with Gasteiger partial charge in [-0.25, -0.2) is 0 Å². The van der Waals surface area contributed by atoms with Crippen LogP contribution >= 0.6 is 0 Å². The number of fused-ring (bicyclic) bond motifs is 17. The first-order valence-corrected chi connectivity index (χ1v) is 34.9. The topological polar surface area (TPSA) is 93.2 Å². The fraction of sp³-hybridized carbons (Fsp3) is 0.0510. The summed E-state index contributed by atoms with van der Waals surface area (Å²) in [4.78, 5) is 27.9. The van der Waals surface area contributed by atoms with Crippen LogP contribution in [0, 0.1) is 24.3 Å². The molecule has 0 unspecified atom stereocenters. The van der Waals surface area contributed by atoms with Crippen LogP contribution in [0.3, 0.4) is 0 Å². The molecule has 4 heterocycles. The molecule has 2 N–H and O–H groups in total. The number of aromatic nitrogens is 4. The number of allylic oxidation sites excluding steroid dienone is 2. The van der Waals surface area contributed by atoms with Gasteiger partial charge in [0.05, 0.1) is 40.8 Å². The summed E-state index contributed by atoms with van der Waals surface area (Å²) in [5, 5.41) is 28.0. The van der Waals surface area contributed by atoms with Crippen molar-refractivity contribution in [1.29, 1.82) is 0 Å². The first kappa shape index (κ1) is 76.9. The quantitative estimate of drug-likeness (QED) is 0.0609. The van der Waals surface area contributed by atoms with Crippen molar-refractivity contribution in [2.75, 3.05) is 0 Å². The molecule has 0 aliphatic heterocycles. The van der Waals surface area contributed by atoms with Crippen LogP contribution in [-0.2, 0) is 85.8 Å². The van der Waals surface area contributed by atoms with Crippen LogP contribution in [0.25, 0.3) is 164 Å². The van der Waals surface area contributed by atoms with Crippen LogP contribution in [0.4, 0.5) is 0 Å². The minimum absolute atomic E-state index is 0. The zero-order valence-electron chi connectivity index (χ0n) is 59.3. The Labute approximate surface area is 682 Å². The van der Waals surface area contributed by atoms with E-state index in [1.807, 2.05) is 36.4 Å². The van der Waals surface area contributed by atoms with Crippen LogP contribution in [0.2, 0.25) is 0 Å². The molecule has 20 rings (SSSR count). The molecule has 10 heteroatoms. The molecule has 1 aliphatic rings. The SMILES string of the molecule is CC(=[OH+])C=C(C)O.CC1(C)c2ccccc2-c2c[c-]c(-c3ccc4c(ccc5ccccc54)n3)cc21.[Ir].[Ir].[Ir].[Ir].[c-]1cc2ccccc2cc1-c1ccc2c(ccc3ccccc32)n1.[c-]1ccc2ccccc2c1-c1ccc2c(ccc3ccccc32)n1.[c-]1ccccc1-c1ccc2c(ccc3ccccc32)n1. The standard InChI is InChI=1S/C28H20N.2C23H14N.C19H12N.C5H8O2.4Ir/c1-28(2)24-10-6-5-9-21(24)22-13-11-19(17-25(22)28)26-16-14-23-20-8-4-3-7-18(20)12-15-27(23)29-26;1-3-9-18-16(6-1)8-5-11-20(18)23-15-13-21-19-10-4-2-7-17(19)12-14-22(21)24-23;1-2-7-18-15-19(10-9-16(18)5-1)22-14-12-21-20-8-4-3-6-17(20)11-13-23(21)24-22;1-2-7-15(8-3-1)18-13-11-17-16-9-5-4-6-14(16)10-12-19(17)20-18;1-4(6)3-5(2)7;;;;/h3-10,12-17H,1-2H3;1-10,12-15H;1-9,11-15H;1-7,9-13H;3,6H,1-2H3;;;;/q4*-1;;;;;/p+1. The summed E-state index contributed by atoms with van der Waals surface area (Å²) in [6.07, 6.45) is 1.28. The van der Waals surface area contributed by atoms with Crippen LogP contribution < -0.4 is 0 Å². The van der Waals surface area contributed by atoms with Gasteiger partial charge in [-0.15, -0.1) is 124 Å². The maximum Gasteiger partial charge on any atom is 0.316 e. The summed E-state index contributed by atoms with van der Waals surface area (Å²) in [5.41, 5.74) is 17.5. The minimum Gasteiger partial charge on any atom is -0.512 e. The van der Waals surface area contributed by atoms with Gasteiger partial charge in [-0.1, -0.05) is 278 Å². The van der Waals surface area contributed by atoms with Crippen molar-refractivity contribution >= 4 is 114 Å². The Bertz CT molecular complexity index is 6550. The molecule has 0 amide bonds. The molecule has 4 aromatic heterocycles. The zero-order chi connectivity index (χ0) is 70.7. The van der Waals surface area contributed by atoms with E-state index in [1.54, 1.807) is 0 Å². The number of rotatable bonds is 5. The van der Waals surface area contributed by atoms with Gasteiger partial charge in [0.1, 0.15) is 0 Å². The summed E-state index contributed by atoms with van der Waals surface area (Å²) in [6.45, 7) is 7.61. The molecular formula is C98H69Ir4N4O2-3. The molecule has 108 heavy (non-hydrogen) atoms. The van der Waals surface area contributed by atoms with E-state index < -0.39 is 0 Å². The first-order valence-electron chi connectivity index (χ1n) is 34.9. The summed E-state index contributed by atoms with van der Waals surface area (Å²) in [5.74, 6) is 0.250. The smallest absolute Gasteiger partial charge is 0.316 e. The van der Waals surface area contributed by atoms with Crippen molar-refractivity contribution in [3.63, 3.8) is 0 Å². The van der Waals surface area contributed by atoms with Gasteiger partial charge in [-0.2, -0.15) is 0 Å². The molecule has 15 aromatic carbocycles. The first-order chi connectivity index (χ1) is 50.9. The predicted molar refractivity (Wildman–Crippen MR) is 436 cm³/mol. The third-order valence-corrected chi connectivity index (χ3v) is 19.5. The molecule has 4 radical (unpaired) electrons. The average Bonchev–Trinajstić information content (AvgIpc) is 1.57. The molecular weight excluding hydrogens is 2030 g/mol. The van der Waals surface area contributed by atoms with Crippen molar-refractivity contribution in [2.45, 2.75) is 33.1 Å². The number of nitrogens with zero attached hydrogens (tertiary/aromatic N) is 4. The van der Waals surface area contributed by atoms with E-state index >= 15 is 0 Å². The van der Waals surface area contributed by atoms with Crippen molar-refractivity contribution < 1.29 is 90.3 Å². The van der Waals surface area contributed by atoms with Gasteiger partial charge >= 0.3 is 5.78 Å². The second-order valence-corrected chi connectivity index (χ2v) is 26.7. The number of aliphatic hydroxyl groups is 1. The Morgan fingerprint density at radius 1 is 0.315 bits per heavy atom. The summed E-state index contributed by atoms with van der Waals surface area (Å²) in [6, 6.07) is 127. The maximum atomic E-state index is 8.40. The van der Waals surface area contributed by atoms with Gasteiger partial charge in [0.25, 0.3) is 0 Å². The molecule has 0 fully saturated rings. The average molecular weight is 2100 g/mol. The van der Waals surface area contributed by atoms with Crippen molar-refractivity contribution in [1.82, 2.24) is 19.9 Å². The Hall–Kier alpha value is -10.7. The fourth-order valence-corrected chi connectivity index (χ4v) is 14.4. The number of hydrogen-bond acceptors (Lipinski definition) is 5. The van der Waals surface area contributed by atoms with Crippen LogP contribution in [0.15, 0.2) is 339 Å². The molecule has 0 atom stereocenters. The van der Waals surface area contributed by atoms with Crippen molar-refractivity contribution in [3.05, 3.63) is 375 Å². The molecule has 0 saturated carbocycles. The van der Waals surface area contributed by atoms with E-state index in [0.717, 1.165) is 67.1 Å². The number of hydrogen-bond donors (Lipinski definition) is 1. The second kappa shape index (κ2) is 34.0. The largest absolute Gasteiger partial charge is 0.512 e. The number of carbonyl (C=O) groups excluding carboxylic acids is 1. The monoisotopic (exact) mass is 2110 g/mol. The van der Waals surface area contributed by atoms with E-state index in [9.17, 15) is 0 Å². The Morgan fingerprint density at radius 2 is 0.704 bits per heavy atom. The summed E-state index contributed by atoms with van der Waals surface area (Å²) >= 11 is 0. The molecule has 532 valence electrons. The summed E-state index contributed by atoms with van der Waals surface area (Å²) in [7, 11) is 0. The van der Waals surface area contributed by atoms with E-state index in [4.69, 9.17) is 29.8 Å². The third-order valence-electron chi connectivity index (χ3n) is 19.5. The number of benzene rings is 15. The Morgan fingerprint density at radius 3 is 1.17 bits per heavy atom. The van der Waals surface area contributed by atoms with Crippen LogP contribution in [-0.4, -0.2) is 35.6 Å². The minimum atomic E-state index is -0.0111. The van der Waals surface area contributed by atoms with Gasteiger partial charge in [0, 0.05) is 102 Å². The molecule has 0 saturated heterocycles. The third kappa shape index (κ3) is 16.0. The van der Waals surface area contributed by atoms with Gasteiger partial charge in [0.15, 0.2) is 0 Å². The van der Waals surface area contributed by atoms with Gasteiger partial charge in [-0.05, 0) is 108 Å². The molecule has 6 nitrogen and oxygen atoms in total. The molecule has 1 aliphatic carbocycles. The Kier molecular flexibility index (Phi) is 24.3.